The van der Waals surface area contributed by atoms with Crippen molar-refractivity contribution in [1.82, 2.24) is 14.6 Å². The van der Waals surface area contributed by atoms with E-state index in [4.69, 9.17) is 5.73 Å². The van der Waals surface area contributed by atoms with Gasteiger partial charge < -0.3 is 21.3 Å². The minimum absolute atomic E-state index is 0.0647. The largest absolute Gasteiger partial charge is 0.382 e. The molecular weight excluding hydrogens is 286 g/mol. The summed E-state index contributed by atoms with van der Waals surface area (Å²) in [5.41, 5.74) is 6.36. The van der Waals surface area contributed by atoms with Crippen LogP contribution in [0.15, 0.2) is 0 Å². The summed E-state index contributed by atoms with van der Waals surface area (Å²) in [6.45, 7) is 9.88. The average molecular weight is 313 g/mol. The van der Waals surface area contributed by atoms with Crippen molar-refractivity contribution in [3.8, 4) is 0 Å². The van der Waals surface area contributed by atoms with Crippen LogP contribution < -0.4 is 16.4 Å². The summed E-state index contributed by atoms with van der Waals surface area (Å²) in [5, 5.41) is 6.91. The first-order valence-electron chi connectivity index (χ1n) is 7.07. The molecule has 1 heterocycles. The quantitative estimate of drug-likeness (QED) is 0.716. The van der Waals surface area contributed by atoms with Gasteiger partial charge in [-0.25, -0.2) is 0 Å². The van der Waals surface area contributed by atoms with Crippen LogP contribution in [0, 0.1) is 5.41 Å². The molecule has 0 spiro atoms. The Kier molecular flexibility index (Phi) is 5.98. The van der Waals surface area contributed by atoms with E-state index in [-0.39, 0.29) is 23.2 Å². The maximum Gasteiger partial charge on any atom is 0.258 e. The molecule has 1 aromatic rings. The third-order valence-electron chi connectivity index (χ3n) is 2.84. The highest BCUT2D eigenvalue weighted by Crippen LogP contribution is 2.28. The molecule has 0 unspecified atom stereocenters. The van der Waals surface area contributed by atoms with Crippen LogP contribution in [0.5, 0.6) is 0 Å². The molecule has 0 bridgehead atoms. The van der Waals surface area contributed by atoms with Crippen molar-refractivity contribution >= 4 is 28.3 Å². The summed E-state index contributed by atoms with van der Waals surface area (Å²) in [7, 11) is 4.10. The van der Waals surface area contributed by atoms with E-state index in [1.54, 1.807) is 0 Å². The Morgan fingerprint density at radius 3 is 2.57 bits per heavy atom. The number of carbonyl (C=O) groups is 1. The molecule has 6 nitrogen and oxygen atoms in total. The Bertz CT molecular complexity index is 482. The molecule has 0 saturated heterocycles. The second-order valence-electron chi connectivity index (χ2n) is 6.66. The van der Waals surface area contributed by atoms with Gasteiger partial charge in [0.2, 0.25) is 0 Å². The van der Waals surface area contributed by atoms with Crippen molar-refractivity contribution in [3.05, 3.63) is 5.56 Å². The van der Waals surface area contributed by atoms with Crippen LogP contribution in [0.25, 0.3) is 0 Å². The van der Waals surface area contributed by atoms with E-state index in [1.165, 1.54) is 11.5 Å². The van der Waals surface area contributed by atoms with Crippen molar-refractivity contribution < 1.29 is 4.79 Å². The molecule has 120 valence electrons. The Hall–Kier alpha value is -1.34. The van der Waals surface area contributed by atoms with E-state index in [9.17, 15) is 4.79 Å². The number of amides is 1. The Balaban J connectivity index is 2.79. The lowest BCUT2D eigenvalue weighted by Crippen LogP contribution is -2.35. The van der Waals surface area contributed by atoms with Crippen molar-refractivity contribution in [2.45, 2.75) is 33.7 Å². The van der Waals surface area contributed by atoms with Crippen molar-refractivity contribution in [2.24, 2.45) is 5.41 Å². The Morgan fingerprint density at radius 2 is 2.05 bits per heavy atom. The second kappa shape index (κ2) is 7.09. The molecule has 0 aliphatic rings. The molecule has 0 aliphatic carbocycles. The number of nitrogens with one attached hydrogen (secondary N) is 2. The van der Waals surface area contributed by atoms with Gasteiger partial charge in [0, 0.05) is 19.1 Å². The molecule has 0 aliphatic heterocycles. The smallest absolute Gasteiger partial charge is 0.258 e. The average Bonchev–Trinajstić information content (AvgIpc) is 2.65. The van der Waals surface area contributed by atoms with E-state index >= 15 is 0 Å². The molecule has 0 saturated carbocycles. The minimum Gasteiger partial charge on any atom is -0.382 e. The molecule has 7 heteroatoms. The van der Waals surface area contributed by atoms with Gasteiger partial charge in [0.1, 0.15) is 10.6 Å². The maximum atomic E-state index is 12.2. The predicted octanol–water partition coefficient (Wildman–Crippen LogP) is 1.86. The zero-order valence-corrected chi connectivity index (χ0v) is 14.6. The summed E-state index contributed by atoms with van der Waals surface area (Å²) < 4.78 is 4.09. The number of nitrogens with two attached hydrogens (primary N) is 1. The lowest BCUT2D eigenvalue weighted by Gasteiger charge is -2.28. The fourth-order valence-corrected chi connectivity index (χ4v) is 2.91. The number of rotatable bonds is 7. The van der Waals surface area contributed by atoms with Crippen molar-refractivity contribution in [3.63, 3.8) is 0 Å². The van der Waals surface area contributed by atoms with Crippen LogP contribution in [0.1, 0.15) is 38.1 Å². The van der Waals surface area contributed by atoms with Crippen LogP contribution >= 0.6 is 11.5 Å². The van der Waals surface area contributed by atoms with Crippen LogP contribution in [-0.2, 0) is 0 Å². The molecule has 1 amide bonds. The third kappa shape index (κ3) is 5.51. The van der Waals surface area contributed by atoms with Crippen molar-refractivity contribution in [2.75, 3.05) is 38.2 Å². The monoisotopic (exact) mass is 313 g/mol. The van der Waals surface area contributed by atoms with Gasteiger partial charge in [0.15, 0.2) is 5.82 Å². The van der Waals surface area contributed by atoms with Gasteiger partial charge in [0.25, 0.3) is 5.91 Å². The molecule has 0 fully saturated rings. The molecule has 0 radical (unpaired) electrons. The van der Waals surface area contributed by atoms with Crippen LogP contribution in [0.3, 0.4) is 0 Å². The molecule has 21 heavy (non-hydrogen) atoms. The van der Waals surface area contributed by atoms with E-state index < -0.39 is 0 Å². The Labute approximate surface area is 131 Å². The topological polar surface area (TPSA) is 83.3 Å². The minimum atomic E-state index is -0.177. The predicted molar refractivity (Wildman–Crippen MR) is 90.0 cm³/mol. The van der Waals surface area contributed by atoms with Gasteiger partial charge in [-0.05, 0) is 44.9 Å². The summed E-state index contributed by atoms with van der Waals surface area (Å²) >= 11 is 1.23. The van der Waals surface area contributed by atoms with E-state index in [1.807, 2.05) is 27.9 Å². The SMILES string of the molecule is CC(C)NC(=O)c1c(N)nsc1NCC(C)(C)CN(C)C. The standard InChI is InChI=1S/C14H27N5OS/c1-9(2)17-12(20)10-11(15)18-21-13(10)16-7-14(3,4)8-19(5)6/h9,16H,7-8H2,1-6H3,(H2,15,18)(H,17,20). The second-order valence-corrected chi connectivity index (χ2v) is 7.43. The number of hydrogen-bond acceptors (Lipinski definition) is 6. The van der Waals surface area contributed by atoms with Gasteiger partial charge >= 0.3 is 0 Å². The zero-order valence-electron chi connectivity index (χ0n) is 13.8. The van der Waals surface area contributed by atoms with Gasteiger partial charge in [-0.1, -0.05) is 13.8 Å². The van der Waals surface area contributed by atoms with E-state index in [0.717, 1.165) is 18.1 Å². The first-order chi connectivity index (χ1) is 9.62. The van der Waals surface area contributed by atoms with Crippen LogP contribution in [-0.4, -0.2) is 48.4 Å². The first-order valence-corrected chi connectivity index (χ1v) is 7.84. The molecule has 4 N–H and O–H groups in total. The molecule has 0 atom stereocenters. The third-order valence-corrected chi connectivity index (χ3v) is 3.66. The fraction of sp³-hybridized carbons (Fsp3) is 0.714. The number of nitrogens with zero attached hydrogens (tertiary/aromatic N) is 2. The van der Waals surface area contributed by atoms with Gasteiger partial charge in [-0.3, -0.25) is 4.79 Å². The molecular formula is C14H27N5OS. The molecule has 0 aromatic carbocycles. The van der Waals surface area contributed by atoms with E-state index in [2.05, 4.69) is 33.8 Å². The highest BCUT2D eigenvalue weighted by Gasteiger charge is 2.23. The summed E-state index contributed by atoms with van der Waals surface area (Å²) in [6, 6.07) is 0.0647. The summed E-state index contributed by atoms with van der Waals surface area (Å²) in [5.74, 6) is 0.107. The highest BCUT2D eigenvalue weighted by molar-refractivity contribution is 7.11. The maximum absolute atomic E-state index is 12.2. The number of nitrogen functional groups attached to an aromatic ring is 1. The van der Waals surface area contributed by atoms with Crippen LogP contribution in [0.4, 0.5) is 10.8 Å². The lowest BCUT2D eigenvalue weighted by molar-refractivity contribution is 0.0945. The molecule has 1 rings (SSSR count). The van der Waals surface area contributed by atoms with Gasteiger partial charge in [0.05, 0.1) is 0 Å². The lowest BCUT2D eigenvalue weighted by atomic mass is 9.93. The highest BCUT2D eigenvalue weighted by atomic mass is 32.1. The zero-order chi connectivity index (χ0) is 16.2. The van der Waals surface area contributed by atoms with Gasteiger partial charge in [-0.2, -0.15) is 4.37 Å². The summed E-state index contributed by atoms with van der Waals surface area (Å²) in [6.07, 6.45) is 0. The normalized spacial score (nSPS) is 12.0. The van der Waals surface area contributed by atoms with Gasteiger partial charge in [-0.15, -0.1) is 0 Å². The molecule has 1 aromatic heterocycles. The number of hydrogen-bond donors (Lipinski definition) is 3. The van der Waals surface area contributed by atoms with Crippen molar-refractivity contribution in [1.29, 1.82) is 0 Å². The van der Waals surface area contributed by atoms with Crippen LogP contribution in [0.2, 0.25) is 0 Å². The van der Waals surface area contributed by atoms with E-state index in [0.29, 0.717) is 5.56 Å². The number of anilines is 2. The number of carbonyl (C=O) groups excluding carboxylic acids is 1. The summed E-state index contributed by atoms with van der Waals surface area (Å²) in [4.78, 5) is 14.3. The first kappa shape index (κ1) is 17.7. The fourth-order valence-electron chi connectivity index (χ4n) is 2.21. The Morgan fingerprint density at radius 1 is 1.43 bits per heavy atom. The number of aromatic nitrogens is 1.